The SMILES string of the molecule is COc1cc(CCl)cc(C#N)c1C(=O)O. The fourth-order valence-electron chi connectivity index (χ4n) is 1.22. The number of methoxy groups -OCH3 is 1. The van der Waals surface area contributed by atoms with E-state index >= 15 is 0 Å². The van der Waals surface area contributed by atoms with Crippen LogP contribution in [0, 0.1) is 11.3 Å². The summed E-state index contributed by atoms with van der Waals surface area (Å²) in [6, 6.07) is 4.76. The van der Waals surface area contributed by atoms with Gasteiger partial charge < -0.3 is 9.84 Å². The molecule has 1 N–H and O–H groups in total. The number of carboxylic acid groups (broad SMARTS) is 1. The molecule has 0 saturated heterocycles. The van der Waals surface area contributed by atoms with Crippen molar-refractivity contribution >= 4 is 17.6 Å². The molecule has 78 valence electrons. The Kier molecular flexibility index (Phi) is 3.53. The second-order valence-electron chi connectivity index (χ2n) is 2.77. The number of rotatable bonds is 3. The first-order valence-electron chi connectivity index (χ1n) is 4.04. The molecule has 0 aliphatic rings. The lowest BCUT2D eigenvalue weighted by Gasteiger charge is -2.08. The molecule has 1 aromatic carbocycles. The van der Waals surface area contributed by atoms with E-state index < -0.39 is 5.97 Å². The Hall–Kier alpha value is -1.73. The molecule has 0 atom stereocenters. The molecule has 0 aliphatic heterocycles. The zero-order valence-electron chi connectivity index (χ0n) is 7.95. The van der Waals surface area contributed by atoms with Crippen molar-refractivity contribution in [2.45, 2.75) is 5.88 Å². The van der Waals surface area contributed by atoms with E-state index in [1.165, 1.54) is 19.2 Å². The predicted octanol–water partition coefficient (Wildman–Crippen LogP) is 2.00. The van der Waals surface area contributed by atoms with Gasteiger partial charge in [-0.25, -0.2) is 4.79 Å². The van der Waals surface area contributed by atoms with Gasteiger partial charge in [-0.05, 0) is 17.7 Å². The van der Waals surface area contributed by atoms with Crippen LogP contribution in [0.1, 0.15) is 21.5 Å². The third kappa shape index (κ3) is 2.20. The maximum Gasteiger partial charge on any atom is 0.340 e. The van der Waals surface area contributed by atoms with E-state index in [1.807, 2.05) is 0 Å². The van der Waals surface area contributed by atoms with Crippen molar-refractivity contribution in [1.82, 2.24) is 0 Å². The van der Waals surface area contributed by atoms with E-state index in [1.54, 1.807) is 6.07 Å². The molecule has 15 heavy (non-hydrogen) atoms. The van der Waals surface area contributed by atoms with Crippen LogP contribution in [0.5, 0.6) is 5.75 Å². The minimum absolute atomic E-state index is 0.0532. The van der Waals surface area contributed by atoms with Gasteiger partial charge in [0.1, 0.15) is 17.4 Å². The average molecular weight is 226 g/mol. The first kappa shape index (κ1) is 11.3. The maximum atomic E-state index is 10.9. The lowest BCUT2D eigenvalue weighted by Crippen LogP contribution is -2.04. The second-order valence-corrected chi connectivity index (χ2v) is 3.04. The van der Waals surface area contributed by atoms with Crippen LogP contribution in [0.2, 0.25) is 0 Å². The highest BCUT2D eigenvalue weighted by atomic mass is 35.5. The summed E-state index contributed by atoms with van der Waals surface area (Å²) in [4.78, 5) is 10.9. The number of halogens is 1. The predicted molar refractivity (Wildman–Crippen MR) is 54.2 cm³/mol. The van der Waals surface area contributed by atoms with Crippen molar-refractivity contribution in [2.75, 3.05) is 7.11 Å². The molecule has 5 heteroatoms. The first-order valence-corrected chi connectivity index (χ1v) is 4.57. The fraction of sp³-hybridized carbons (Fsp3) is 0.200. The first-order chi connectivity index (χ1) is 7.13. The summed E-state index contributed by atoms with van der Waals surface area (Å²) in [5.74, 6) is -0.841. The highest BCUT2D eigenvalue weighted by Crippen LogP contribution is 2.25. The van der Waals surface area contributed by atoms with Gasteiger partial charge >= 0.3 is 5.97 Å². The molecule has 1 aromatic rings. The number of carbonyl (C=O) groups is 1. The molecular formula is C10H8ClNO3. The van der Waals surface area contributed by atoms with Crippen molar-refractivity contribution < 1.29 is 14.6 Å². The van der Waals surface area contributed by atoms with E-state index in [4.69, 9.17) is 26.7 Å². The summed E-state index contributed by atoms with van der Waals surface area (Å²) in [6.07, 6.45) is 0. The van der Waals surface area contributed by atoms with Gasteiger partial charge in [0.05, 0.1) is 12.7 Å². The molecule has 1 rings (SSSR count). The molecule has 0 radical (unpaired) electrons. The number of nitriles is 1. The Morgan fingerprint density at radius 3 is 2.73 bits per heavy atom. The van der Waals surface area contributed by atoms with Crippen LogP contribution in [-0.2, 0) is 5.88 Å². The van der Waals surface area contributed by atoms with Gasteiger partial charge in [-0.15, -0.1) is 11.6 Å². The second kappa shape index (κ2) is 4.67. The third-order valence-corrected chi connectivity index (χ3v) is 2.18. The van der Waals surface area contributed by atoms with Gasteiger partial charge in [0, 0.05) is 5.88 Å². The summed E-state index contributed by atoms with van der Waals surface area (Å²) in [5.41, 5.74) is 0.571. The number of aromatic carboxylic acids is 1. The number of nitrogens with zero attached hydrogens (tertiary/aromatic N) is 1. The normalized spacial score (nSPS) is 9.40. The van der Waals surface area contributed by atoms with Crippen molar-refractivity contribution in [2.24, 2.45) is 0 Å². The van der Waals surface area contributed by atoms with Crippen LogP contribution in [0.15, 0.2) is 12.1 Å². The lowest BCUT2D eigenvalue weighted by atomic mass is 10.0. The minimum atomic E-state index is -1.19. The van der Waals surface area contributed by atoms with Crippen molar-refractivity contribution in [3.05, 3.63) is 28.8 Å². The summed E-state index contributed by atoms with van der Waals surface area (Å²) >= 11 is 5.60. The number of benzene rings is 1. The molecule has 0 amide bonds. The van der Waals surface area contributed by atoms with Gasteiger partial charge in [0.25, 0.3) is 0 Å². The number of alkyl halides is 1. The highest BCUT2D eigenvalue weighted by molar-refractivity contribution is 6.17. The molecule has 0 fully saturated rings. The van der Waals surface area contributed by atoms with Gasteiger partial charge in [-0.1, -0.05) is 0 Å². The third-order valence-electron chi connectivity index (χ3n) is 1.87. The van der Waals surface area contributed by atoms with E-state index in [-0.39, 0.29) is 22.8 Å². The number of ether oxygens (including phenoxy) is 1. The van der Waals surface area contributed by atoms with E-state index in [2.05, 4.69) is 0 Å². The van der Waals surface area contributed by atoms with Crippen LogP contribution in [0.4, 0.5) is 0 Å². The molecule has 0 bridgehead atoms. The summed E-state index contributed by atoms with van der Waals surface area (Å²) in [6.45, 7) is 0. The van der Waals surface area contributed by atoms with Crippen LogP contribution in [0.3, 0.4) is 0 Å². The average Bonchev–Trinajstić information content (AvgIpc) is 2.26. The molecule has 4 nitrogen and oxygen atoms in total. The van der Waals surface area contributed by atoms with Crippen molar-refractivity contribution in [1.29, 1.82) is 5.26 Å². The minimum Gasteiger partial charge on any atom is -0.496 e. The molecule has 0 aromatic heterocycles. The Morgan fingerprint density at radius 1 is 1.67 bits per heavy atom. The van der Waals surface area contributed by atoms with Crippen LogP contribution < -0.4 is 4.74 Å². The van der Waals surface area contributed by atoms with Gasteiger partial charge in [-0.2, -0.15) is 5.26 Å². The Balaban J connectivity index is 3.48. The van der Waals surface area contributed by atoms with Crippen LogP contribution in [-0.4, -0.2) is 18.2 Å². The van der Waals surface area contributed by atoms with Gasteiger partial charge in [-0.3, -0.25) is 0 Å². The zero-order valence-corrected chi connectivity index (χ0v) is 8.71. The molecule has 0 spiro atoms. The molecular weight excluding hydrogens is 218 g/mol. The molecule has 0 unspecified atom stereocenters. The van der Waals surface area contributed by atoms with Gasteiger partial charge in [0.2, 0.25) is 0 Å². The number of hydrogen-bond donors (Lipinski definition) is 1. The van der Waals surface area contributed by atoms with E-state index in [0.29, 0.717) is 5.56 Å². The summed E-state index contributed by atoms with van der Waals surface area (Å²) < 4.78 is 4.90. The van der Waals surface area contributed by atoms with E-state index in [9.17, 15) is 4.79 Å². The fourth-order valence-corrected chi connectivity index (χ4v) is 1.37. The van der Waals surface area contributed by atoms with Crippen LogP contribution >= 0.6 is 11.6 Å². The van der Waals surface area contributed by atoms with Crippen molar-refractivity contribution in [3.63, 3.8) is 0 Å². The smallest absolute Gasteiger partial charge is 0.340 e. The number of carboxylic acids is 1. The monoisotopic (exact) mass is 225 g/mol. The quantitative estimate of drug-likeness (QED) is 0.799. The standard InChI is InChI=1S/C10H8ClNO3/c1-15-8-3-6(4-11)2-7(5-12)9(8)10(13)14/h2-3H,4H2,1H3,(H,13,14). The highest BCUT2D eigenvalue weighted by Gasteiger charge is 2.17. The lowest BCUT2D eigenvalue weighted by molar-refractivity contribution is 0.0693. The van der Waals surface area contributed by atoms with E-state index in [0.717, 1.165) is 0 Å². The van der Waals surface area contributed by atoms with Crippen molar-refractivity contribution in [3.8, 4) is 11.8 Å². The Bertz CT molecular complexity index is 437. The molecule has 0 saturated carbocycles. The van der Waals surface area contributed by atoms with Crippen LogP contribution in [0.25, 0.3) is 0 Å². The molecule has 0 aliphatic carbocycles. The topological polar surface area (TPSA) is 70.3 Å². The maximum absolute atomic E-state index is 10.9. The van der Waals surface area contributed by atoms with Gasteiger partial charge in [0.15, 0.2) is 0 Å². The summed E-state index contributed by atoms with van der Waals surface area (Å²) in [7, 11) is 1.35. The molecule has 0 heterocycles. The Labute approximate surface area is 91.7 Å². The number of hydrogen-bond acceptors (Lipinski definition) is 3. The zero-order chi connectivity index (χ0) is 11.4. The summed E-state index contributed by atoms with van der Waals surface area (Å²) in [5, 5.41) is 17.7. The Morgan fingerprint density at radius 2 is 2.33 bits per heavy atom. The largest absolute Gasteiger partial charge is 0.496 e.